The van der Waals surface area contributed by atoms with Gasteiger partial charge in [-0.05, 0) is 38.8 Å². The molecule has 1 aliphatic rings. The average Bonchev–Trinajstić information content (AvgIpc) is 2.33. The van der Waals surface area contributed by atoms with Crippen LogP contribution >= 0.6 is 0 Å². The molecular weight excluding hydrogens is 182 g/mol. The Bertz CT molecular complexity index is 112. The molecule has 0 amide bonds. The normalized spacial score (nSPS) is 25.8. The molecule has 1 saturated heterocycles. The van der Waals surface area contributed by atoms with E-state index in [1.807, 2.05) is 27.7 Å². The molecule has 1 heterocycles. The molecule has 0 radical (unpaired) electrons. The van der Waals surface area contributed by atoms with Crippen molar-refractivity contribution in [3.8, 4) is 0 Å². The van der Waals surface area contributed by atoms with Crippen LogP contribution in [0.4, 0.5) is 0 Å². The summed E-state index contributed by atoms with van der Waals surface area (Å²) in [6, 6.07) is 0.869. The molecule has 1 nitrogen and oxygen atoms in total. The quantitative estimate of drug-likeness (QED) is 0.652. The molecule has 15 heavy (non-hydrogen) atoms. The summed E-state index contributed by atoms with van der Waals surface area (Å²) in [7, 11) is 2.27. The van der Waals surface area contributed by atoms with E-state index in [0.717, 1.165) is 12.0 Å². The van der Waals surface area contributed by atoms with E-state index in [2.05, 4.69) is 25.8 Å². The van der Waals surface area contributed by atoms with Crippen LogP contribution in [0, 0.1) is 5.92 Å². The van der Waals surface area contributed by atoms with Crippen molar-refractivity contribution in [1.29, 1.82) is 0 Å². The van der Waals surface area contributed by atoms with Crippen molar-refractivity contribution >= 4 is 0 Å². The Morgan fingerprint density at radius 2 is 1.53 bits per heavy atom. The van der Waals surface area contributed by atoms with Crippen LogP contribution in [0.5, 0.6) is 0 Å². The van der Waals surface area contributed by atoms with Crippen LogP contribution in [-0.4, -0.2) is 24.5 Å². The van der Waals surface area contributed by atoms with Gasteiger partial charge >= 0.3 is 0 Å². The molecule has 2 atom stereocenters. The highest BCUT2D eigenvalue weighted by molar-refractivity contribution is 4.80. The molecule has 0 aliphatic carbocycles. The van der Waals surface area contributed by atoms with Gasteiger partial charge < -0.3 is 4.90 Å². The van der Waals surface area contributed by atoms with Crippen molar-refractivity contribution in [1.82, 2.24) is 4.90 Å². The monoisotopic (exact) mass is 215 g/mol. The standard InChI is InChI=1S/C10H21N.2C2H6/c1-4-9-7-6-8-11(3)10(9)5-2;2*1-2/h9-10H,4-8H2,1-3H3;2*1-2H3. The molecule has 1 heteroatoms. The van der Waals surface area contributed by atoms with Gasteiger partial charge in [-0.2, -0.15) is 0 Å². The van der Waals surface area contributed by atoms with Crippen molar-refractivity contribution in [3.63, 3.8) is 0 Å². The molecule has 2 unspecified atom stereocenters. The lowest BCUT2D eigenvalue weighted by Crippen LogP contribution is -2.41. The van der Waals surface area contributed by atoms with E-state index in [1.54, 1.807) is 0 Å². The number of nitrogens with zero attached hydrogens (tertiary/aromatic N) is 1. The first kappa shape index (κ1) is 17.4. The van der Waals surface area contributed by atoms with Crippen molar-refractivity contribution in [2.24, 2.45) is 5.92 Å². The minimum atomic E-state index is 0.869. The third-order valence-electron chi connectivity index (χ3n) is 3.14. The average molecular weight is 215 g/mol. The zero-order chi connectivity index (χ0) is 12.3. The Hall–Kier alpha value is -0.0400. The van der Waals surface area contributed by atoms with Gasteiger partial charge in [-0.3, -0.25) is 0 Å². The Morgan fingerprint density at radius 1 is 1.00 bits per heavy atom. The van der Waals surface area contributed by atoms with E-state index in [1.165, 1.54) is 32.2 Å². The van der Waals surface area contributed by atoms with E-state index in [0.29, 0.717) is 0 Å². The van der Waals surface area contributed by atoms with Gasteiger partial charge in [0.1, 0.15) is 0 Å². The number of hydrogen-bond acceptors (Lipinski definition) is 1. The summed E-state index contributed by atoms with van der Waals surface area (Å²) in [6.07, 6.45) is 5.56. The number of likely N-dealkylation sites (tertiary alicyclic amines) is 1. The highest BCUT2D eigenvalue weighted by Crippen LogP contribution is 2.26. The second-order valence-corrected chi connectivity index (χ2v) is 3.77. The molecule has 0 aromatic carbocycles. The molecule has 0 spiro atoms. The number of piperidine rings is 1. The SMILES string of the molecule is CC.CC.CCC1CCCN(C)C1CC. The minimum absolute atomic E-state index is 0.869. The molecule has 0 saturated carbocycles. The minimum Gasteiger partial charge on any atom is -0.303 e. The first-order chi connectivity index (χ1) is 7.29. The summed E-state index contributed by atoms with van der Waals surface area (Å²) in [4.78, 5) is 2.54. The predicted octanol–water partition coefficient (Wildman–Crippen LogP) is 4.57. The van der Waals surface area contributed by atoms with Crippen LogP contribution in [-0.2, 0) is 0 Å². The highest BCUT2D eigenvalue weighted by atomic mass is 15.1. The maximum Gasteiger partial charge on any atom is 0.0118 e. The molecule has 94 valence electrons. The predicted molar refractivity (Wildman–Crippen MR) is 72.4 cm³/mol. The van der Waals surface area contributed by atoms with Crippen LogP contribution in [0.1, 0.15) is 67.2 Å². The Kier molecular flexibility index (Phi) is 13.9. The van der Waals surface area contributed by atoms with Gasteiger partial charge in [0.25, 0.3) is 0 Å². The van der Waals surface area contributed by atoms with E-state index in [9.17, 15) is 0 Å². The zero-order valence-electron chi connectivity index (χ0n) is 12.1. The summed E-state index contributed by atoms with van der Waals surface area (Å²) >= 11 is 0. The fraction of sp³-hybridized carbons (Fsp3) is 1.00. The third-order valence-corrected chi connectivity index (χ3v) is 3.14. The topological polar surface area (TPSA) is 3.24 Å². The van der Waals surface area contributed by atoms with Crippen LogP contribution in [0.3, 0.4) is 0 Å². The van der Waals surface area contributed by atoms with Gasteiger partial charge in [-0.15, -0.1) is 0 Å². The molecule has 1 rings (SSSR count). The largest absolute Gasteiger partial charge is 0.303 e. The van der Waals surface area contributed by atoms with Gasteiger partial charge in [-0.25, -0.2) is 0 Å². The van der Waals surface area contributed by atoms with Crippen molar-refractivity contribution in [2.45, 2.75) is 73.3 Å². The van der Waals surface area contributed by atoms with Gasteiger partial charge in [0.15, 0.2) is 0 Å². The molecule has 0 aromatic heterocycles. The van der Waals surface area contributed by atoms with Gasteiger partial charge in [-0.1, -0.05) is 48.0 Å². The van der Waals surface area contributed by atoms with E-state index < -0.39 is 0 Å². The first-order valence-corrected chi connectivity index (χ1v) is 6.99. The lowest BCUT2D eigenvalue weighted by Gasteiger charge is -2.38. The van der Waals surface area contributed by atoms with E-state index >= 15 is 0 Å². The van der Waals surface area contributed by atoms with Gasteiger partial charge in [0.05, 0.1) is 0 Å². The van der Waals surface area contributed by atoms with E-state index in [4.69, 9.17) is 0 Å². The smallest absolute Gasteiger partial charge is 0.0118 e. The van der Waals surface area contributed by atoms with Crippen molar-refractivity contribution < 1.29 is 0 Å². The first-order valence-electron chi connectivity index (χ1n) is 6.99. The van der Waals surface area contributed by atoms with Gasteiger partial charge in [0.2, 0.25) is 0 Å². The molecule has 0 bridgehead atoms. The van der Waals surface area contributed by atoms with Gasteiger partial charge in [0, 0.05) is 6.04 Å². The fourth-order valence-corrected chi connectivity index (χ4v) is 2.44. The van der Waals surface area contributed by atoms with Crippen LogP contribution < -0.4 is 0 Å². The number of rotatable bonds is 2. The fourth-order valence-electron chi connectivity index (χ4n) is 2.44. The summed E-state index contributed by atoms with van der Waals surface area (Å²) in [5.41, 5.74) is 0. The second kappa shape index (κ2) is 12.0. The summed E-state index contributed by atoms with van der Waals surface area (Å²) in [6.45, 7) is 14.0. The Morgan fingerprint density at radius 3 is 1.87 bits per heavy atom. The van der Waals surface area contributed by atoms with E-state index in [-0.39, 0.29) is 0 Å². The summed E-state index contributed by atoms with van der Waals surface area (Å²) in [5, 5.41) is 0. The third kappa shape index (κ3) is 6.19. The highest BCUT2D eigenvalue weighted by Gasteiger charge is 2.25. The van der Waals surface area contributed by atoms with Crippen LogP contribution in [0.2, 0.25) is 0 Å². The molecule has 1 aliphatic heterocycles. The Labute approximate surface area is 98.2 Å². The van der Waals surface area contributed by atoms with Crippen LogP contribution in [0.25, 0.3) is 0 Å². The Balaban J connectivity index is 0. The maximum absolute atomic E-state index is 2.54. The molecule has 0 aromatic rings. The maximum atomic E-state index is 2.54. The molecular formula is C14H33N. The second-order valence-electron chi connectivity index (χ2n) is 3.77. The summed E-state index contributed by atoms with van der Waals surface area (Å²) < 4.78 is 0. The van der Waals surface area contributed by atoms with Crippen molar-refractivity contribution in [3.05, 3.63) is 0 Å². The molecule has 0 N–H and O–H groups in total. The summed E-state index contributed by atoms with van der Waals surface area (Å²) in [5.74, 6) is 0.971. The van der Waals surface area contributed by atoms with Crippen LogP contribution in [0.15, 0.2) is 0 Å². The molecule has 1 fully saturated rings. The number of hydrogen-bond donors (Lipinski definition) is 0. The lowest BCUT2D eigenvalue weighted by atomic mass is 9.86. The van der Waals surface area contributed by atoms with Crippen molar-refractivity contribution in [2.75, 3.05) is 13.6 Å². The zero-order valence-corrected chi connectivity index (χ0v) is 12.1. The lowest BCUT2D eigenvalue weighted by molar-refractivity contribution is 0.114.